The van der Waals surface area contributed by atoms with Crippen LogP contribution in [0, 0.1) is 6.92 Å². The average Bonchev–Trinajstić information content (AvgIpc) is 2.93. The minimum absolute atomic E-state index is 0.351. The molecule has 2 aromatic heterocycles. The molecule has 1 aliphatic carbocycles. The summed E-state index contributed by atoms with van der Waals surface area (Å²) in [7, 11) is 4.19. The maximum Gasteiger partial charge on any atom is 0.416 e. The first-order valence-corrected chi connectivity index (χ1v) is 12.0. The molecule has 0 amide bonds. The third kappa shape index (κ3) is 4.81. The van der Waals surface area contributed by atoms with Crippen molar-refractivity contribution in [3.63, 3.8) is 0 Å². The lowest BCUT2D eigenvalue weighted by Gasteiger charge is -2.30. The van der Waals surface area contributed by atoms with Crippen molar-refractivity contribution in [1.82, 2.24) is 19.9 Å². The van der Waals surface area contributed by atoms with E-state index in [0.717, 1.165) is 54.0 Å². The summed E-state index contributed by atoms with van der Waals surface area (Å²) in [6.45, 7) is 1.95. The van der Waals surface area contributed by atoms with Crippen LogP contribution >= 0.6 is 12.6 Å². The minimum atomic E-state index is -4.43. The molecule has 1 aliphatic heterocycles. The molecule has 0 fully saturated rings. The molecule has 2 N–H and O–H groups in total. The number of thiol groups is 1. The molecule has 0 saturated heterocycles. The van der Waals surface area contributed by atoms with Crippen LogP contribution in [-0.4, -0.2) is 45.4 Å². The van der Waals surface area contributed by atoms with E-state index < -0.39 is 11.7 Å². The SMILES string of the molecule is Cc1nc2c(cc1Nc1ncc3c(n1)-c1ccc(C(F)(F)F)cc1NC(S)C3)CC(N(C)C)CC2. The van der Waals surface area contributed by atoms with Gasteiger partial charge in [-0.2, -0.15) is 25.8 Å². The molecule has 184 valence electrons. The Hall–Kier alpha value is -2.85. The molecule has 35 heavy (non-hydrogen) atoms. The molecule has 10 heteroatoms. The second-order valence-corrected chi connectivity index (χ2v) is 10.0. The van der Waals surface area contributed by atoms with Crippen molar-refractivity contribution in [2.75, 3.05) is 24.7 Å². The van der Waals surface area contributed by atoms with Crippen LogP contribution in [0.3, 0.4) is 0 Å². The Kier molecular flexibility index (Phi) is 6.13. The van der Waals surface area contributed by atoms with Gasteiger partial charge in [0.2, 0.25) is 5.95 Å². The maximum atomic E-state index is 13.3. The summed E-state index contributed by atoms with van der Waals surface area (Å²) in [6, 6.07) is 6.25. The van der Waals surface area contributed by atoms with E-state index in [0.29, 0.717) is 35.4 Å². The zero-order valence-corrected chi connectivity index (χ0v) is 20.6. The van der Waals surface area contributed by atoms with Crippen LogP contribution in [-0.2, 0) is 25.4 Å². The van der Waals surface area contributed by atoms with Gasteiger partial charge in [0.25, 0.3) is 0 Å². The number of likely N-dealkylation sites (N-methyl/N-ethyl adjacent to an activating group) is 1. The van der Waals surface area contributed by atoms with Gasteiger partial charge >= 0.3 is 6.18 Å². The van der Waals surface area contributed by atoms with Gasteiger partial charge < -0.3 is 15.5 Å². The topological polar surface area (TPSA) is 66.0 Å². The van der Waals surface area contributed by atoms with Gasteiger partial charge in [-0.3, -0.25) is 4.98 Å². The highest BCUT2D eigenvalue weighted by Gasteiger charge is 2.32. The molecule has 1 aromatic carbocycles. The van der Waals surface area contributed by atoms with E-state index in [4.69, 9.17) is 9.97 Å². The fourth-order valence-corrected chi connectivity index (χ4v) is 5.11. The van der Waals surface area contributed by atoms with Gasteiger partial charge in [0.15, 0.2) is 0 Å². The Morgan fingerprint density at radius 1 is 1.11 bits per heavy atom. The van der Waals surface area contributed by atoms with Crippen LogP contribution < -0.4 is 10.6 Å². The molecule has 2 atom stereocenters. The number of fused-ring (bicyclic) bond motifs is 4. The number of nitrogens with zero attached hydrogens (tertiary/aromatic N) is 4. The van der Waals surface area contributed by atoms with E-state index in [-0.39, 0.29) is 5.37 Å². The van der Waals surface area contributed by atoms with Crippen molar-refractivity contribution < 1.29 is 13.2 Å². The highest BCUT2D eigenvalue weighted by Crippen LogP contribution is 2.39. The molecule has 0 radical (unpaired) electrons. The lowest BCUT2D eigenvalue weighted by atomic mass is 9.90. The van der Waals surface area contributed by atoms with Crippen molar-refractivity contribution in [3.8, 4) is 11.3 Å². The van der Waals surface area contributed by atoms with Crippen molar-refractivity contribution in [1.29, 1.82) is 0 Å². The van der Waals surface area contributed by atoms with Crippen LogP contribution in [0.5, 0.6) is 0 Å². The fraction of sp³-hybridized carbons (Fsp3) is 0.400. The van der Waals surface area contributed by atoms with E-state index in [1.807, 2.05) is 6.92 Å². The zero-order chi connectivity index (χ0) is 24.9. The number of rotatable bonds is 3. The standard InChI is InChI=1S/C25H27F3N6S/c1-13-20(9-14-8-17(34(2)3)5-7-19(14)30-13)32-24-29-12-15-10-22(35)31-21-11-16(25(26,27)28)4-6-18(21)23(15)33-24/h4,6,9,11-12,17,22,31,35H,5,7-8,10H2,1-3H3,(H,29,32,33). The van der Waals surface area contributed by atoms with E-state index in [1.54, 1.807) is 6.20 Å². The quantitative estimate of drug-likeness (QED) is 0.427. The predicted octanol–water partition coefficient (Wildman–Crippen LogP) is 5.25. The minimum Gasteiger partial charge on any atom is -0.373 e. The maximum absolute atomic E-state index is 13.3. The number of aromatic nitrogens is 3. The number of nitrogens with one attached hydrogen (secondary N) is 2. The molecular formula is C25H27F3N6S. The molecule has 2 unspecified atom stereocenters. The van der Waals surface area contributed by atoms with Crippen LogP contribution in [0.4, 0.5) is 30.5 Å². The Morgan fingerprint density at radius 2 is 1.91 bits per heavy atom. The number of benzene rings is 1. The highest BCUT2D eigenvalue weighted by molar-refractivity contribution is 7.81. The first kappa shape index (κ1) is 23.9. The molecule has 5 rings (SSSR count). The van der Waals surface area contributed by atoms with Gasteiger partial charge in [0.1, 0.15) is 0 Å². The van der Waals surface area contributed by atoms with Gasteiger partial charge in [0, 0.05) is 35.6 Å². The summed E-state index contributed by atoms with van der Waals surface area (Å²) in [5, 5.41) is 6.00. The third-order valence-corrected chi connectivity index (χ3v) is 7.04. The van der Waals surface area contributed by atoms with Gasteiger partial charge in [-0.1, -0.05) is 6.07 Å². The van der Waals surface area contributed by atoms with Crippen LogP contribution in [0.2, 0.25) is 0 Å². The predicted molar refractivity (Wildman–Crippen MR) is 134 cm³/mol. The van der Waals surface area contributed by atoms with Crippen molar-refractivity contribution in [2.24, 2.45) is 0 Å². The first-order chi connectivity index (χ1) is 16.6. The van der Waals surface area contributed by atoms with E-state index in [1.165, 1.54) is 11.6 Å². The normalized spacial score (nSPS) is 19.3. The lowest BCUT2D eigenvalue weighted by molar-refractivity contribution is -0.137. The summed E-state index contributed by atoms with van der Waals surface area (Å²) in [6.07, 6.45) is 0.718. The molecule has 0 spiro atoms. The fourth-order valence-electron chi connectivity index (χ4n) is 4.77. The molecule has 0 bridgehead atoms. The van der Waals surface area contributed by atoms with Gasteiger partial charge in [0.05, 0.1) is 28.0 Å². The Bertz CT molecular complexity index is 1280. The number of anilines is 3. The summed E-state index contributed by atoms with van der Waals surface area (Å²) in [5.41, 5.74) is 5.66. The van der Waals surface area contributed by atoms with Gasteiger partial charge in [-0.05, 0) is 69.6 Å². The Morgan fingerprint density at radius 3 is 2.66 bits per heavy atom. The Labute approximate surface area is 207 Å². The van der Waals surface area contributed by atoms with E-state index in [9.17, 15) is 13.2 Å². The third-order valence-electron chi connectivity index (χ3n) is 6.73. The van der Waals surface area contributed by atoms with Crippen LogP contribution in [0.25, 0.3) is 11.3 Å². The summed E-state index contributed by atoms with van der Waals surface area (Å²) < 4.78 is 39.9. The summed E-state index contributed by atoms with van der Waals surface area (Å²) in [5.74, 6) is 0.372. The molecular weight excluding hydrogens is 473 g/mol. The summed E-state index contributed by atoms with van der Waals surface area (Å²) >= 11 is 4.50. The Balaban J connectivity index is 1.50. The summed E-state index contributed by atoms with van der Waals surface area (Å²) in [4.78, 5) is 16.3. The number of hydrogen-bond donors (Lipinski definition) is 3. The molecule has 3 aromatic rings. The molecule has 2 aliphatic rings. The van der Waals surface area contributed by atoms with Crippen molar-refractivity contribution in [3.05, 3.63) is 58.5 Å². The number of hydrogen-bond acceptors (Lipinski definition) is 7. The number of pyridine rings is 1. The number of alkyl halides is 3. The lowest BCUT2D eigenvalue weighted by Crippen LogP contribution is -2.34. The number of halogens is 3. The second-order valence-electron chi connectivity index (χ2n) is 9.40. The molecule has 0 saturated carbocycles. The van der Waals surface area contributed by atoms with Crippen molar-refractivity contribution in [2.45, 2.75) is 50.2 Å². The zero-order valence-electron chi connectivity index (χ0n) is 19.7. The average molecular weight is 501 g/mol. The smallest absolute Gasteiger partial charge is 0.373 e. The highest BCUT2D eigenvalue weighted by atomic mass is 32.1. The van der Waals surface area contributed by atoms with Crippen LogP contribution in [0.15, 0.2) is 30.5 Å². The number of aryl methyl sites for hydroxylation is 2. The largest absolute Gasteiger partial charge is 0.416 e. The van der Waals surface area contributed by atoms with Crippen LogP contribution in [0.1, 0.15) is 34.5 Å². The molecule has 6 nitrogen and oxygen atoms in total. The molecule has 3 heterocycles. The van der Waals surface area contributed by atoms with Gasteiger partial charge in [-0.15, -0.1) is 0 Å². The first-order valence-electron chi connectivity index (χ1n) is 11.5. The van der Waals surface area contributed by atoms with Crippen molar-refractivity contribution >= 4 is 30.0 Å². The monoisotopic (exact) mass is 500 g/mol. The second kappa shape index (κ2) is 8.98. The van der Waals surface area contributed by atoms with Gasteiger partial charge in [-0.25, -0.2) is 9.97 Å². The van der Waals surface area contributed by atoms with E-state index >= 15 is 0 Å². The van der Waals surface area contributed by atoms with E-state index in [2.05, 4.69) is 53.3 Å².